The lowest BCUT2D eigenvalue weighted by molar-refractivity contribution is -0.124. The third kappa shape index (κ3) is 2.45. The van der Waals surface area contributed by atoms with Gasteiger partial charge in [0.25, 0.3) is 5.91 Å². The number of carbonyl (C=O) groups is 2. The van der Waals surface area contributed by atoms with Crippen molar-refractivity contribution < 1.29 is 14.0 Å². The van der Waals surface area contributed by atoms with Gasteiger partial charge in [0, 0.05) is 19.3 Å². The van der Waals surface area contributed by atoms with E-state index >= 15 is 0 Å². The Hall–Kier alpha value is -2.11. The maximum Gasteiger partial charge on any atom is 0.257 e. The molecule has 1 aromatic carbocycles. The molecule has 0 bridgehead atoms. The summed E-state index contributed by atoms with van der Waals surface area (Å²) in [5.41, 5.74) is 6.26. The van der Waals surface area contributed by atoms with Gasteiger partial charge in [0.05, 0.1) is 5.56 Å². The summed E-state index contributed by atoms with van der Waals surface area (Å²) >= 11 is 0. The monoisotopic (exact) mass is 279 g/mol. The quantitative estimate of drug-likeness (QED) is 0.795. The smallest absolute Gasteiger partial charge is 0.257 e. The summed E-state index contributed by atoms with van der Waals surface area (Å²) in [7, 11) is 1.52. The zero-order chi connectivity index (χ0) is 14.9. The standard InChI is InChI=1S/C14H18FN3O2/c1-8-6-9(16)7-10(12(8)15)14(20)18-5-3-4-11(18)13(19)17-2/h6-7,11H,3-5,16H2,1-2H3,(H,17,19). The third-order valence-corrected chi connectivity index (χ3v) is 3.57. The molecule has 6 heteroatoms. The molecular formula is C14H18FN3O2. The Labute approximate surface area is 116 Å². The zero-order valence-electron chi connectivity index (χ0n) is 11.6. The number of nitrogens with zero attached hydrogens (tertiary/aromatic N) is 1. The first-order valence-corrected chi connectivity index (χ1v) is 6.54. The van der Waals surface area contributed by atoms with Gasteiger partial charge >= 0.3 is 0 Å². The van der Waals surface area contributed by atoms with Crippen molar-refractivity contribution in [2.24, 2.45) is 0 Å². The van der Waals surface area contributed by atoms with E-state index < -0.39 is 17.8 Å². The number of nitrogen functional groups attached to an aromatic ring is 1. The third-order valence-electron chi connectivity index (χ3n) is 3.57. The maximum absolute atomic E-state index is 14.1. The van der Waals surface area contributed by atoms with Crippen molar-refractivity contribution in [3.63, 3.8) is 0 Å². The molecule has 1 unspecified atom stereocenters. The number of aryl methyl sites for hydroxylation is 1. The summed E-state index contributed by atoms with van der Waals surface area (Å²) < 4.78 is 14.1. The number of amides is 2. The second kappa shape index (κ2) is 5.48. The molecule has 0 aromatic heterocycles. The molecule has 2 amide bonds. The molecule has 0 spiro atoms. The molecule has 2 rings (SSSR count). The van der Waals surface area contributed by atoms with Crippen LogP contribution in [0.5, 0.6) is 0 Å². The van der Waals surface area contributed by atoms with E-state index in [1.165, 1.54) is 24.1 Å². The van der Waals surface area contributed by atoms with Gasteiger partial charge in [0.15, 0.2) is 0 Å². The highest BCUT2D eigenvalue weighted by atomic mass is 19.1. The van der Waals surface area contributed by atoms with Crippen LogP contribution in [-0.4, -0.2) is 36.3 Å². The SMILES string of the molecule is CNC(=O)C1CCCN1C(=O)c1cc(N)cc(C)c1F. The van der Waals surface area contributed by atoms with E-state index in [0.717, 1.165) is 6.42 Å². The number of likely N-dealkylation sites (tertiary alicyclic amines) is 1. The molecule has 5 nitrogen and oxygen atoms in total. The first-order valence-electron chi connectivity index (χ1n) is 6.54. The number of benzene rings is 1. The van der Waals surface area contributed by atoms with Crippen molar-refractivity contribution in [1.29, 1.82) is 0 Å². The normalized spacial score (nSPS) is 18.1. The van der Waals surface area contributed by atoms with Crippen LogP contribution in [0.25, 0.3) is 0 Å². The van der Waals surface area contributed by atoms with Gasteiger partial charge < -0.3 is 16.0 Å². The van der Waals surface area contributed by atoms with E-state index in [-0.39, 0.29) is 11.5 Å². The van der Waals surface area contributed by atoms with Crippen molar-refractivity contribution in [3.05, 3.63) is 29.1 Å². The van der Waals surface area contributed by atoms with Gasteiger partial charge in [-0.15, -0.1) is 0 Å². The fourth-order valence-corrected chi connectivity index (χ4v) is 2.56. The number of anilines is 1. The second-order valence-electron chi connectivity index (χ2n) is 4.97. The van der Waals surface area contributed by atoms with Crippen LogP contribution in [0.4, 0.5) is 10.1 Å². The van der Waals surface area contributed by atoms with Gasteiger partial charge in [-0.2, -0.15) is 0 Å². The fourth-order valence-electron chi connectivity index (χ4n) is 2.56. The molecule has 1 aliphatic rings. The summed E-state index contributed by atoms with van der Waals surface area (Å²) in [6, 6.07) is 2.27. The molecule has 0 saturated carbocycles. The molecule has 3 N–H and O–H groups in total. The van der Waals surface area contributed by atoms with E-state index in [9.17, 15) is 14.0 Å². The summed E-state index contributed by atoms with van der Waals surface area (Å²) in [6.07, 6.45) is 1.32. The van der Waals surface area contributed by atoms with Gasteiger partial charge in [-0.1, -0.05) is 0 Å². The highest BCUT2D eigenvalue weighted by Gasteiger charge is 2.35. The van der Waals surface area contributed by atoms with Crippen LogP contribution in [0.1, 0.15) is 28.8 Å². The Morgan fingerprint density at radius 1 is 1.45 bits per heavy atom. The molecule has 1 atom stereocenters. The van der Waals surface area contributed by atoms with Gasteiger partial charge in [0.1, 0.15) is 11.9 Å². The number of hydrogen-bond donors (Lipinski definition) is 2. The molecule has 108 valence electrons. The number of halogens is 1. The number of hydrogen-bond acceptors (Lipinski definition) is 3. The van der Waals surface area contributed by atoms with E-state index in [0.29, 0.717) is 24.2 Å². The average Bonchev–Trinajstić information content (AvgIpc) is 2.90. The largest absolute Gasteiger partial charge is 0.399 e. The van der Waals surface area contributed by atoms with Crippen molar-refractivity contribution in [3.8, 4) is 0 Å². The van der Waals surface area contributed by atoms with E-state index in [4.69, 9.17) is 5.73 Å². The van der Waals surface area contributed by atoms with E-state index in [2.05, 4.69) is 5.32 Å². The Bertz CT molecular complexity index is 560. The molecule has 1 fully saturated rings. The van der Waals surface area contributed by atoms with Crippen LogP contribution in [0.2, 0.25) is 0 Å². The van der Waals surface area contributed by atoms with Gasteiger partial charge in [-0.25, -0.2) is 4.39 Å². The molecule has 20 heavy (non-hydrogen) atoms. The number of nitrogens with one attached hydrogen (secondary N) is 1. The van der Waals surface area contributed by atoms with Crippen LogP contribution < -0.4 is 11.1 Å². The van der Waals surface area contributed by atoms with E-state index in [1.54, 1.807) is 6.92 Å². The number of nitrogens with two attached hydrogens (primary N) is 1. The Balaban J connectivity index is 2.34. The first-order chi connectivity index (χ1) is 9.45. The van der Waals surface area contributed by atoms with Crippen molar-refractivity contribution >= 4 is 17.5 Å². The van der Waals surface area contributed by atoms with Crippen molar-refractivity contribution in [1.82, 2.24) is 10.2 Å². The summed E-state index contributed by atoms with van der Waals surface area (Å²) in [6.45, 7) is 2.01. The Kier molecular flexibility index (Phi) is 3.92. The highest BCUT2D eigenvalue weighted by molar-refractivity contribution is 5.99. The first kappa shape index (κ1) is 14.3. The average molecular weight is 279 g/mol. The van der Waals surface area contributed by atoms with E-state index in [1.807, 2.05) is 0 Å². The molecular weight excluding hydrogens is 261 g/mol. The van der Waals surface area contributed by atoms with Gasteiger partial charge in [-0.3, -0.25) is 9.59 Å². The minimum Gasteiger partial charge on any atom is -0.399 e. The molecule has 0 aliphatic carbocycles. The van der Waals surface area contributed by atoms with Gasteiger partial charge in [0.2, 0.25) is 5.91 Å². The minimum atomic E-state index is -0.577. The lowest BCUT2D eigenvalue weighted by atomic mass is 10.1. The van der Waals surface area contributed by atoms with Crippen molar-refractivity contribution in [2.45, 2.75) is 25.8 Å². The molecule has 1 aromatic rings. The summed E-state index contributed by atoms with van der Waals surface area (Å²) in [5.74, 6) is -1.28. The molecule has 0 radical (unpaired) electrons. The molecule has 1 aliphatic heterocycles. The second-order valence-corrected chi connectivity index (χ2v) is 4.97. The number of likely N-dealkylation sites (N-methyl/N-ethyl adjacent to an activating group) is 1. The molecule has 1 heterocycles. The Morgan fingerprint density at radius 2 is 2.15 bits per heavy atom. The fraction of sp³-hybridized carbons (Fsp3) is 0.429. The van der Waals surface area contributed by atoms with Crippen LogP contribution in [0, 0.1) is 12.7 Å². The highest BCUT2D eigenvalue weighted by Crippen LogP contribution is 2.24. The van der Waals surface area contributed by atoms with Crippen LogP contribution >= 0.6 is 0 Å². The Morgan fingerprint density at radius 3 is 2.80 bits per heavy atom. The van der Waals surface area contributed by atoms with Crippen LogP contribution in [-0.2, 0) is 4.79 Å². The lowest BCUT2D eigenvalue weighted by Gasteiger charge is -2.24. The minimum absolute atomic E-state index is 0.0710. The van der Waals surface area contributed by atoms with Crippen LogP contribution in [0.15, 0.2) is 12.1 Å². The predicted molar refractivity (Wildman–Crippen MR) is 73.7 cm³/mol. The van der Waals surface area contributed by atoms with Crippen molar-refractivity contribution in [2.75, 3.05) is 19.3 Å². The topological polar surface area (TPSA) is 75.4 Å². The molecule has 1 saturated heterocycles. The van der Waals surface area contributed by atoms with Gasteiger partial charge in [-0.05, 0) is 37.5 Å². The lowest BCUT2D eigenvalue weighted by Crippen LogP contribution is -2.45. The summed E-state index contributed by atoms with van der Waals surface area (Å²) in [5, 5.41) is 2.53. The summed E-state index contributed by atoms with van der Waals surface area (Å²) in [4.78, 5) is 25.6. The zero-order valence-corrected chi connectivity index (χ0v) is 11.6. The number of rotatable bonds is 2. The number of carbonyl (C=O) groups excluding carboxylic acids is 2. The maximum atomic E-state index is 14.1. The predicted octanol–water partition coefficient (Wildman–Crippen LogP) is 1.07. The van der Waals surface area contributed by atoms with Crippen LogP contribution in [0.3, 0.4) is 0 Å².